The van der Waals surface area contributed by atoms with E-state index in [1.165, 1.54) is 16.7 Å². The number of aliphatic carboxylic acids is 1. The number of carboxylic acid groups (broad SMARTS) is 1. The van der Waals surface area contributed by atoms with Crippen molar-refractivity contribution in [1.29, 1.82) is 0 Å². The van der Waals surface area contributed by atoms with E-state index >= 15 is 0 Å². The second kappa shape index (κ2) is 6.31. The first-order valence-electron chi connectivity index (χ1n) is 6.71. The highest BCUT2D eigenvalue weighted by molar-refractivity contribution is 8.00. The Morgan fingerprint density at radius 1 is 1.40 bits per heavy atom. The molecule has 0 unspecified atom stereocenters. The molecule has 1 N–H and O–H groups in total. The monoisotopic (exact) mass is 293 g/mol. The Balaban J connectivity index is 1.98. The number of likely N-dealkylation sites (tertiary alicyclic amines) is 1. The molecular formula is C15H19NO3S. The molecule has 108 valence electrons. The zero-order valence-electron chi connectivity index (χ0n) is 11.8. The first kappa shape index (κ1) is 14.9. The van der Waals surface area contributed by atoms with Crippen LogP contribution in [-0.2, 0) is 9.59 Å². The van der Waals surface area contributed by atoms with Crippen LogP contribution in [0.1, 0.15) is 24.0 Å². The van der Waals surface area contributed by atoms with E-state index in [9.17, 15) is 9.59 Å². The predicted octanol–water partition coefficient (Wildman–Crippen LogP) is 2.47. The summed E-state index contributed by atoms with van der Waals surface area (Å²) in [5.74, 6) is -0.679. The van der Waals surface area contributed by atoms with E-state index in [1.807, 2.05) is 26.0 Å². The van der Waals surface area contributed by atoms with Gasteiger partial charge in [0.2, 0.25) is 5.91 Å². The van der Waals surface area contributed by atoms with Gasteiger partial charge in [0.25, 0.3) is 0 Å². The van der Waals surface area contributed by atoms with Crippen molar-refractivity contribution in [2.45, 2.75) is 37.6 Å². The Morgan fingerprint density at radius 3 is 2.85 bits per heavy atom. The van der Waals surface area contributed by atoms with E-state index < -0.39 is 12.0 Å². The molecule has 1 aliphatic rings. The van der Waals surface area contributed by atoms with Gasteiger partial charge in [-0.15, -0.1) is 11.8 Å². The van der Waals surface area contributed by atoms with E-state index in [4.69, 9.17) is 5.11 Å². The average Bonchev–Trinajstić information content (AvgIpc) is 2.89. The fourth-order valence-electron chi connectivity index (χ4n) is 2.41. The second-order valence-corrected chi connectivity index (χ2v) is 6.16. The highest BCUT2D eigenvalue weighted by Crippen LogP contribution is 2.25. The van der Waals surface area contributed by atoms with Crippen LogP contribution in [-0.4, -0.2) is 40.2 Å². The number of amides is 1. The van der Waals surface area contributed by atoms with Crippen molar-refractivity contribution in [3.8, 4) is 0 Å². The van der Waals surface area contributed by atoms with Gasteiger partial charge in [-0.2, -0.15) is 0 Å². The van der Waals surface area contributed by atoms with Gasteiger partial charge in [-0.25, -0.2) is 4.79 Å². The van der Waals surface area contributed by atoms with Gasteiger partial charge in [0.15, 0.2) is 0 Å². The third-order valence-electron chi connectivity index (χ3n) is 3.55. The van der Waals surface area contributed by atoms with Crippen LogP contribution in [0.25, 0.3) is 0 Å². The van der Waals surface area contributed by atoms with Crippen molar-refractivity contribution >= 4 is 23.6 Å². The van der Waals surface area contributed by atoms with Crippen LogP contribution in [0.4, 0.5) is 0 Å². The van der Waals surface area contributed by atoms with Crippen LogP contribution in [0.15, 0.2) is 23.1 Å². The van der Waals surface area contributed by atoms with Crippen molar-refractivity contribution in [3.63, 3.8) is 0 Å². The number of carbonyl (C=O) groups is 2. The fraction of sp³-hybridized carbons (Fsp3) is 0.467. The molecule has 0 aliphatic carbocycles. The van der Waals surface area contributed by atoms with Crippen molar-refractivity contribution in [2.75, 3.05) is 12.3 Å². The zero-order valence-corrected chi connectivity index (χ0v) is 12.6. The first-order chi connectivity index (χ1) is 9.49. The molecule has 2 rings (SSSR count). The molecule has 1 heterocycles. The highest BCUT2D eigenvalue weighted by atomic mass is 32.2. The topological polar surface area (TPSA) is 57.6 Å². The summed E-state index contributed by atoms with van der Waals surface area (Å²) in [5.41, 5.74) is 2.31. The van der Waals surface area contributed by atoms with Gasteiger partial charge in [0, 0.05) is 11.4 Å². The molecule has 1 atom stereocenters. The summed E-state index contributed by atoms with van der Waals surface area (Å²) >= 11 is 1.49. The van der Waals surface area contributed by atoms with E-state index in [-0.39, 0.29) is 5.91 Å². The van der Waals surface area contributed by atoms with Crippen LogP contribution in [0.5, 0.6) is 0 Å². The normalized spacial score (nSPS) is 18.3. The minimum atomic E-state index is -0.896. The smallest absolute Gasteiger partial charge is 0.326 e. The summed E-state index contributed by atoms with van der Waals surface area (Å²) in [6, 6.07) is 5.51. The molecule has 0 bridgehead atoms. The SMILES string of the molecule is Cc1ccc(C)c(SCC(=O)N2CCC[C@@H]2C(=O)O)c1. The number of aryl methyl sites for hydroxylation is 2. The molecule has 20 heavy (non-hydrogen) atoms. The van der Waals surface area contributed by atoms with Crippen molar-refractivity contribution in [3.05, 3.63) is 29.3 Å². The molecule has 4 nitrogen and oxygen atoms in total. The van der Waals surface area contributed by atoms with Gasteiger partial charge in [-0.05, 0) is 38.3 Å². The highest BCUT2D eigenvalue weighted by Gasteiger charge is 2.33. The number of benzene rings is 1. The summed E-state index contributed by atoms with van der Waals surface area (Å²) in [4.78, 5) is 25.8. The number of hydrogen-bond acceptors (Lipinski definition) is 3. The predicted molar refractivity (Wildman–Crippen MR) is 79.0 cm³/mol. The molecule has 1 aliphatic heterocycles. The number of carboxylic acids is 1. The molecule has 0 radical (unpaired) electrons. The Bertz CT molecular complexity index is 530. The van der Waals surface area contributed by atoms with E-state index in [0.717, 1.165) is 22.4 Å². The number of carbonyl (C=O) groups excluding carboxylic acids is 1. The molecular weight excluding hydrogens is 274 g/mol. The van der Waals surface area contributed by atoms with Gasteiger partial charge in [0.1, 0.15) is 6.04 Å². The van der Waals surface area contributed by atoms with Gasteiger partial charge >= 0.3 is 5.97 Å². The lowest BCUT2D eigenvalue weighted by Gasteiger charge is -2.21. The van der Waals surface area contributed by atoms with Crippen molar-refractivity contribution in [2.24, 2.45) is 0 Å². The molecule has 1 amide bonds. The number of rotatable bonds is 4. The third kappa shape index (κ3) is 3.33. The number of thioether (sulfide) groups is 1. The lowest BCUT2D eigenvalue weighted by atomic mass is 10.2. The van der Waals surface area contributed by atoms with Crippen molar-refractivity contribution < 1.29 is 14.7 Å². The van der Waals surface area contributed by atoms with Gasteiger partial charge in [-0.3, -0.25) is 4.79 Å². The Kier molecular flexibility index (Phi) is 4.70. The van der Waals surface area contributed by atoms with E-state index in [1.54, 1.807) is 0 Å². The minimum Gasteiger partial charge on any atom is -0.480 e. The van der Waals surface area contributed by atoms with Gasteiger partial charge in [-0.1, -0.05) is 17.7 Å². The molecule has 0 spiro atoms. The average molecular weight is 293 g/mol. The summed E-state index contributed by atoms with van der Waals surface area (Å²) in [6.07, 6.45) is 1.34. The van der Waals surface area contributed by atoms with Crippen LogP contribution in [0, 0.1) is 13.8 Å². The van der Waals surface area contributed by atoms with Gasteiger partial charge in [0.05, 0.1) is 5.75 Å². The molecule has 0 saturated carbocycles. The van der Waals surface area contributed by atoms with Crippen molar-refractivity contribution in [1.82, 2.24) is 4.90 Å². The molecule has 1 saturated heterocycles. The molecule has 1 fully saturated rings. The lowest BCUT2D eigenvalue weighted by molar-refractivity contribution is -0.147. The van der Waals surface area contributed by atoms with E-state index in [0.29, 0.717) is 18.7 Å². The molecule has 1 aromatic carbocycles. The fourth-order valence-corrected chi connectivity index (χ4v) is 3.42. The third-order valence-corrected chi connectivity index (χ3v) is 4.70. The molecule has 5 heteroatoms. The lowest BCUT2D eigenvalue weighted by Crippen LogP contribution is -2.41. The quantitative estimate of drug-likeness (QED) is 0.866. The maximum Gasteiger partial charge on any atom is 0.326 e. The Labute approximate surface area is 123 Å². The van der Waals surface area contributed by atoms with Crippen LogP contribution < -0.4 is 0 Å². The van der Waals surface area contributed by atoms with Gasteiger partial charge < -0.3 is 10.0 Å². The zero-order chi connectivity index (χ0) is 14.7. The number of nitrogens with zero attached hydrogens (tertiary/aromatic N) is 1. The van der Waals surface area contributed by atoms with E-state index in [2.05, 4.69) is 6.07 Å². The Hall–Kier alpha value is -1.49. The standard InChI is InChI=1S/C15H19NO3S/c1-10-5-6-11(2)13(8-10)20-9-14(17)16-7-3-4-12(16)15(18)19/h5-6,8,12H,3-4,7,9H2,1-2H3,(H,18,19)/t12-/m1/s1. The molecule has 0 aromatic heterocycles. The number of hydrogen-bond donors (Lipinski definition) is 1. The van der Waals surface area contributed by atoms with Crippen LogP contribution in [0.3, 0.4) is 0 Å². The summed E-state index contributed by atoms with van der Waals surface area (Å²) in [7, 11) is 0. The van der Waals surface area contributed by atoms with Crippen LogP contribution in [0.2, 0.25) is 0 Å². The Morgan fingerprint density at radius 2 is 2.15 bits per heavy atom. The largest absolute Gasteiger partial charge is 0.480 e. The summed E-state index contributed by atoms with van der Waals surface area (Å²) < 4.78 is 0. The van der Waals surface area contributed by atoms with Crippen LogP contribution >= 0.6 is 11.8 Å². The second-order valence-electron chi connectivity index (χ2n) is 5.14. The minimum absolute atomic E-state index is 0.0826. The summed E-state index contributed by atoms with van der Waals surface area (Å²) in [6.45, 7) is 4.59. The summed E-state index contributed by atoms with van der Waals surface area (Å²) in [5, 5.41) is 9.10. The maximum atomic E-state index is 12.2. The first-order valence-corrected chi connectivity index (χ1v) is 7.70. The molecule has 1 aromatic rings. The maximum absolute atomic E-state index is 12.2.